The quantitative estimate of drug-likeness (QED) is 0.823. The minimum atomic E-state index is 0.580. The first-order chi connectivity index (χ1) is 11.8. The van der Waals surface area contributed by atoms with Gasteiger partial charge in [-0.3, -0.25) is 4.90 Å². The van der Waals surface area contributed by atoms with Crippen molar-refractivity contribution in [1.82, 2.24) is 20.1 Å². The molecule has 1 N–H and O–H groups in total. The SMILES string of the molecule is CCOc1nnc(CN2CCC(CNc3ccc(C#N)cn3)C2)s1. The third kappa shape index (κ3) is 4.40. The molecule has 0 amide bonds. The lowest BCUT2D eigenvalue weighted by Gasteiger charge is -2.14. The molecule has 0 aliphatic carbocycles. The van der Waals surface area contributed by atoms with Gasteiger partial charge in [-0.05, 0) is 37.9 Å². The van der Waals surface area contributed by atoms with Crippen LogP contribution in [0.4, 0.5) is 5.82 Å². The summed E-state index contributed by atoms with van der Waals surface area (Å²) >= 11 is 1.52. The molecule has 3 heterocycles. The lowest BCUT2D eigenvalue weighted by Crippen LogP contribution is -2.22. The third-order valence-corrected chi connectivity index (χ3v) is 4.73. The highest BCUT2D eigenvalue weighted by atomic mass is 32.1. The first-order valence-electron chi connectivity index (χ1n) is 8.04. The van der Waals surface area contributed by atoms with Crippen molar-refractivity contribution in [1.29, 1.82) is 5.26 Å². The molecule has 1 aliphatic rings. The Labute approximate surface area is 145 Å². The van der Waals surface area contributed by atoms with Crippen LogP contribution in [-0.4, -0.2) is 46.3 Å². The van der Waals surface area contributed by atoms with E-state index >= 15 is 0 Å². The van der Waals surface area contributed by atoms with E-state index in [0.717, 1.165) is 43.4 Å². The van der Waals surface area contributed by atoms with Crippen molar-refractivity contribution in [3.63, 3.8) is 0 Å². The molecule has 126 valence electrons. The number of likely N-dealkylation sites (tertiary alicyclic amines) is 1. The Morgan fingerprint density at radius 1 is 1.46 bits per heavy atom. The molecule has 0 radical (unpaired) electrons. The Bertz CT molecular complexity index is 695. The van der Waals surface area contributed by atoms with Crippen LogP contribution in [0.5, 0.6) is 5.19 Å². The van der Waals surface area contributed by atoms with Gasteiger partial charge in [0.2, 0.25) is 0 Å². The summed E-state index contributed by atoms with van der Waals surface area (Å²) in [6, 6.07) is 5.70. The molecule has 8 heteroatoms. The first-order valence-corrected chi connectivity index (χ1v) is 8.86. The highest BCUT2D eigenvalue weighted by Gasteiger charge is 2.23. The Hall–Kier alpha value is -2.24. The van der Waals surface area contributed by atoms with E-state index in [2.05, 4.69) is 31.5 Å². The van der Waals surface area contributed by atoms with E-state index in [1.54, 1.807) is 12.3 Å². The van der Waals surface area contributed by atoms with Crippen molar-refractivity contribution in [2.45, 2.75) is 19.9 Å². The van der Waals surface area contributed by atoms with Gasteiger partial charge in [0.05, 0.1) is 18.7 Å². The molecule has 0 spiro atoms. The maximum atomic E-state index is 8.78. The fourth-order valence-electron chi connectivity index (χ4n) is 2.71. The van der Waals surface area contributed by atoms with E-state index in [-0.39, 0.29) is 0 Å². The maximum Gasteiger partial charge on any atom is 0.294 e. The highest BCUT2D eigenvalue weighted by molar-refractivity contribution is 7.13. The molecule has 0 bridgehead atoms. The molecular formula is C16H20N6OS. The molecule has 7 nitrogen and oxygen atoms in total. The normalized spacial score (nSPS) is 17.6. The van der Waals surface area contributed by atoms with E-state index < -0.39 is 0 Å². The Morgan fingerprint density at radius 3 is 3.12 bits per heavy atom. The number of nitrogens with zero attached hydrogens (tertiary/aromatic N) is 5. The Balaban J connectivity index is 1.43. The van der Waals surface area contributed by atoms with E-state index in [0.29, 0.717) is 23.3 Å². The van der Waals surface area contributed by atoms with Crippen LogP contribution >= 0.6 is 11.3 Å². The van der Waals surface area contributed by atoms with Crippen LogP contribution in [0.15, 0.2) is 18.3 Å². The molecule has 1 atom stereocenters. The molecule has 1 unspecified atom stereocenters. The average Bonchev–Trinajstić information content (AvgIpc) is 3.24. The van der Waals surface area contributed by atoms with Crippen LogP contribution in [0.3, 0.4) is 0 Å². The fourth-order valence-corrected chi connectivity index (χ4v) is 3.50. The van der Waals surface area contributed by atoms with Crippen LogP contribution in [0.2, 0.25) is 0 Å². The van der Waals surface area contributed by atoms with Gasteiger partial charge in [-0.2, -0.15) is 5.26 Å². The van der Waals surface area contributed by atoms with Gasteiger partial charge in [-0.25, -0.2) is 4.98 Å². The minimum absolute atomic E-state index is 0.580. The number of nitrogens with one attached hydrogen (secondary N) is 1. The molecule has 2 aromatic rings. The van der Waals surface area contributed by atoms with Crippen LogP contribution in [0, 0.1) is 17.2 Å². The number of pyridine rings is 1. The van der Waals surface area contributed by atoms with Gasteiger partial charge in [0.25, 0.3) is 5.19 Å². The van der Waals surface area contributed by atoms with E-state index in [9.17, 15) is 0 Å². The van der Waals surface area contributed by atoms with Crippen LogP contribution in [0.1, 0.15) is 23.9 Å². The van der Waals surface area contributed by atoms with Gasteiger partial charge in [-0.15, -0.1) is 10.2 Å². The van der Waals surface area contributed by atoms with Gasteiger partial charge in [0.1, 0.15) is 16.9 Å². The van der Waals surface area contributed by atoms with Crippen molar-refractivity contribution in [3.05, 3.63) is 28.9 Å². The van der Waals surface area contributed by atoms with Crippen molar-refractivity contribution >= 4 is 17.2 Å². The predicted octanol–water partition coefficient (Wildman–Crippen LogP) is 2.14. The van der Waals surface area contributed by atoms with Crippen molar-refractivity contribution < 1.29 is 4.74 Å². The number of aromatic nitrogens is 3. The first kappa shape index (κ1) is 16.6. The van der Waals surface area contributed by atoms with E-state index in [4.69, 9.17) is 10.00 Å². The van der Waals surface area contributed by atoms with Crippen molar-refractivity contribution in [3.8, 4) is 11.3 Å². The van der Waals surface area contributed by atoms with Gasteiger partial charge >= 0.3 is 0 Å². The monoisotopic (exact) mass is 344 g/mol. The Morgan fingerprint density at radius 2 is 2.38 bits per heavy atom. The summed E-state index contributed by atoms with van der Waals surface area (Å²) in [4.78, 5) is 6.64. The summed E-state index contributed by atoms with van der Waals surface area (Å²) in [6.45, 7) is 6.38. The largest absolute Gasteiger partial charge is 0.469 e. The summed E-state index contributed by atoms with van der Waals surface area (Å²) in [5.41, 5.74) is 0.580. The highest BCUT2D eigenvalue weighted by Crippen LogP contribution is 2.23. The molecule has 3 rings (SSSR count). The van der Waals surface area contributed by atoms with Gasteiger partial charge < -0.3 is 10.1 Å². The second-order valence-electron chi connectivity index (χ2n) is 5.71. The summed E-state index contributed by atoms with van der Waals surface area (Å²) < 4.78 is 5.37. The smallest absolute Gasteiger partial charge is 0.294 e. The van der Waals surface area contributed by atoms with E-state index in [1.165, 1.54) is 11.3 Å². The number of rotatable bonds is 7. The number of nitriles is 1. The zero-order valence-electron chi connectivity index (χ0n) is 13.6. The summed E-state index contributed by atoms with van der Waals surface area (Å²) in [5.74, 6) is 1.40. The number of anilines is 1. The molecule has 1 fully saturated rings. The summed E-state index contributed by atoms with van der Waals surface area (Å²) in [7, 11) is 0. The lowest BCUT2D eigenvalue weighted by atomic mass is 10.1. The number of hydrogen-bond acceptors (Lipinski definition) is 8. The second-order valence-corrected chi connectivity index (χ2v) is 6.73. The predicted molar refractivity (Wildman–Crippen MR) is 91.9 cm³/mol. The number of ether oxygens (including phenoxy) is 1. The fraction of sp³-hybridized carbons (Fsp3) is 0.500. The Kier molecular flexibility index (Phi) is 5.56. The summed E-state index contributed by atoms with van der Waals surface area (Å²) in [6.07, 6.45) is 2.75. The second kappa shape index (κ2) is 8.04. The molecule has 0 saturated carbocycles. The van der Waals surface area contributed by atoms with Gasteiger partial charge in [-0.1, -0.05) is 11.3 Å². The molecule has 1 saturated heterocycles. The molecular weight excluding hydrogens is 324 g/mol. The minimum Gasteiger partial charge on any atom is -0.469 e. The van der Waals surface area contributed by atoms with Crippen LogP contribution < -0.4 is 10.1 Å². The molecule has 2 aromatic heterocycles. The summed E-state index contributed by atoms with van der Waals surface area (Å²) in [5, 5.41) is 22.0. The van der Waals surface area contributed by atoms with E-state index in [1.807, 2.05) is 13.0 Å². The van der Waals surface area contributed by atoms with Gasteiger partial charge in [0.15, 0.2) is 0 Å². The van der Waals surface area contributed by atoms with Crippen molar-refractivity contribution in [2.75, 3.05) is 31.6 Å². The van der Waals surface area contributed by atoms with Gasteiger partial charge in [0, 0.05) is 19.3 Å². The zero-order chi connectivity index (χ0) is 16.8. The lowest BCUT2D eigenvalue weighted by molar-refractivity contribution is 0.317. The van der Waals surface area contributed by atoms with Crippen LogP contribution in [-0.2, 0) is 6.54 Å². The topological polar surface area (TPSA) is 87.0 Å². The average molecular weight is 344 g/mol. The molecule has 24 heavy (non-hydrogen) atoms. The van der Waals surface area contributed by atoms with Crippen LogP contribution in [0.25, 0.3) is 0 Å². The van der Waals surface area contributed by atoms with Crippen molar-refractivity contribution in [2.24, 2.45) is 5.92 Å². The molecule has 0 aromatic carbocycles. The third-order valence-electron chi connectivity index (χ3n) is 3.91. The zero-order valence-corrected chi connectivity index (χ0v) is 14.4. The molecule has 1 aliphatic heterocycles. The maximum absolute atomic E-state index is 8.78. The standard InChI is InChI=1S/C16H20N6OS/c1-2-23-16-21-20-15(24-16)11-22-6-5-13(10-22)9-19-14-4-3-12(7-17)8-18-14/h3-4,8,13H,2,5-6,9-11H2,1H3,(H,18,19). The number of hydrogen-bond donors (Lipinski definition) is 1.